The van der Waals surface area contributed by atoms with Crippen molar-refractivity contribution < 1.29 is 160 Å². The molecule has 0 aliphatic carbocycles. The second-order valence-electron chi connectivity index (χ2n) is 31.9. The fraction of sp³-hybridized carbons (Fsp3) is 0.884. The van der Waals surface area contributed by atoms with Crippen molar-refractivity contribution in [3.63, 3.8) is 0 Å². The molecule has 0 spiro atoms. The number of Topliss-reactive ketones (excluding diaryl/α,β-unsaturated/α-hetero) is 4. The molecule has 0 aromatic carbocycles. The number of aliphatic carboxylic acids is 2. The van der Waals surface area contributed by atoms with Gasteiger partial charge in [-0.05, 0) is 37.2 Å². The zero-order valence-electron chi connectivity index (χ0n) is 61.5. The Morgan fingerprint density at radius 3 is 0.990 bits per heavy atom. The molecule has 23 N–H and O–H groups in total. The van der Waals surface area contributed by atoms with Crippen LogP contribution >= 0.6 is 0 Å². The second kappa shape index (κ2) is 45.7. The second-order valence-corrected chi connectivity index (χ2v) is 31.9. The van der Waals surface area contributed by atoms with Crippen molar-refractivity contribution in [3.05, 3.63) is 11.8 Å². The quantitative estimate of drug-likeness (QED) is 0.0853. The zero-order valence-corrected chi connectivity index (χ0v) is 61.5. The summed E-state index contributed by atoms with van der Waals surface area (Å²) in [7, 11) is 0. The molecular weight excluding hydrogens is 1340 g/mol. The average Bonchev–Trinajstić information content (AvgIpc) is 0.802. The van der Waals surface area contributed by atoms with Crippen LogP contribution in [0.4, 0.5) is 0 Å². The summed E-state index contributed by atoms with van der Waals surface area (Å²) >= 11 is 0. The predicted molar refractivity (Wildman–Crippen MR) is 372 cm³/mol. The topological polar surface area (TPSA) is 595 Å². The summed E-state index contributed by atoms with van der Waals surface area (Å²) in [6, 6.07) is 0. The molecule has 0 bridgehead atoms. The Balaban J connectivity index is -0.000000204. The predicted octanol–water partition coefficient (Wildman–Crippen LogP) is -1.31. The molecule has 32 heteroatoms. The molecule has 3 heterocycles. The van der Waals surface area contributed by atoms with Crippen LogP contribution < -0.4 is 0 Å². The Morgan fingerprint density at radius 1 is 0.396 bits per heavy atom. The van der Waals surface area contributed by atoms with Crippen molar-refractivity contribution >= 4 is 35.1 Å². The van der Waals surface area contributed by atoms with Gasteiger partial charge >= 0.3 is 11.9 Å². The first-order valence-corrected chi connectivity index (χ1v) is 32.0. The van der Waals surface area contributed by atoms with Crippen LogP contribution in [0.5, 0.6) is 0 Å². The van der Waals surface area contributed by atoms with E-state index < -0.39 is 205 Å². The van der Waals surface area contributed by atoms with Crippen molar-refractivity contribution in [1.82, 2.24) is 0 Å². The molecule has 3 aliphatic heterocycles. The van der Waals surface area contributed by atoms with Gasteiger partial charge in [0.2, 0.25) is 0 Å². The molecular formula is C69H138O32. The number of carboxylic acids is 2. The fourth-order valence-corrected chi connectivity index (χ4v) is 8.83. The summed E-state index contributed by atoms with van der Waals surface area (Å²) in [5.41, 5.74) is -3.95. The number of ketones is 4. The van der Waals surface area contributed by atoms with Crippen molar-refractivity contribution in [3.8, 4) is 0 Å². The first kappa shape index (κ1) is 111. The third-order valence-corrected chi connectivity index (χ3v) is 15.2. The van der Waals surface area contributed by atoms with Gasteiger partial charge in [0.05, 0.1) is 43.4 Å². The highest BCUT2D eigenvalue weighted by atomic mass is 16.5. The molecule has 0 aromatic rings. The lowest BCUT2D eigenvalue weighted by molar-refractivity contribution is -0.244. The van der Waals surface area contributed by atoms with Gasteiger partial charge < -0.3 is 132 Å². The van der Waals surface area contributed by atoms with Gasteiger partial charge in [0, 0.05) is 27.1 Å². The largest absolute Gasteiger partial charge is 0.492 e. The van der Waals surface area contributed by atoms with E-state index in [4.69, 9.17) is 60.2 Å². The van der Waals surface area contributed by atoms with E-state index in [-0.39, 0.29) is 50.4 Å². The lowest BCUT2D eigenvalue weighted by Crippen LogP contribution is -2.60. The van der Waals surface area contributed by atoms with E-state index in [1.165, 1.54) is 47.6 Å². The van der Waals surface area contributed by atoms with E-state index >= 15 is 0 Å². The molecule has 3 rings (SSSR count). The van der Waals surface area contributed by atoms with Gasteiger partial charge in [-0.1, -0.05) is 175 Å². The molecule has 2 fully saturated rings. The highest BCUT2D eigenvalue weighted by Crippen LogP contribution is 2.36. The van der Waals surface area contributed by atoms with Crippen LogP contribution in [0.25, 0.3) is 0 Å². The van der Waals surface area contributed by atoms with Crippen LogP contribution in [-0.2, 0) is 43.0 Å². The lowest BCUT2D eigenvalue weighted by atomic mass is 9.80. The number of carbonyl (C=O) groups is 6. The zero-order chi connectivity index (χ0) is 79.3. The molecule has 0 radical (unpaired) electrons. The number of ether oxygens (including phenoxy) is 3. The van der Waals surface area contributed by atoms with Crippen molar-refractivity contribution in [2.75, 3.05) is 13.2 Å². The Kier molecular flexibility index (Phi) is 50.0. The minimum Gasteiger partial charge on any atom is -0.492 e. The summed E-state index contributed by atoms with van der Waals surface area (Å²) in [5, 5.41) is 212. The van der Waals surface area contributed by atoms with Gasteiger partial charge in [0.15, 0.2) is 35.3 Å². The summed E-state index contributed by atoms with van der Waals surface area (Å²) in [6.07, 6.45) is -28.4. The van der Waals surface area contributed by atoms with Gasteiger partial charge in [-0.15, -0.1) is 0 Å². The van der Waals surface area contributed by atoms with Gasteiger partial charge in [-0.25, -0.2) is 9.59 Å². The van der Waals surface area contributed by atoms with Crippen molar-refractivity contribution in [1.29, 1.82) is 0 Å². The number of allylic oxidation sites excluding steroid dienone is 1. The average molecular weight is 1480 g/mol. The Bertz CT molecular complexity index is 2410. The van der Waals surface area contributed by atoms with Crippen LogP contribution in [0.15, 0.2) is 11.8 Å². The van der Waals surface area contributed by atoms with E-state index in [2.05, 4.69) is 0 Å². The summed E-state index contributed by atoms with van der Waals surface area (Å²) in [4.78, 5) is 65.9. The maximum atomic E-state index is 11.6. The molecule has 606 valence electrons. The number of hydrogen-bond acceptors (Lipinski definition) is 30. The number of hydrogen-bond donors (Lipinski definition) is 23. The number of aliphatic hydroxyl groups is 21. The maximum absolute atomic E-state index is 11.6. The van der Waals surface area contributed by atoms with Gasteiger partial charge in [0.25, 0.3) is 0 Å². The molecule has 2 saturated heterocycles. The Hall–Kier alpha value is -3.76. The van der Waals surface area contributed by atoms with Crippen molar-refractivity contribution in [2.45, 2.75) is 341 Å². The standard InChI is InChI=1S/C11H22O4.C10H18O7.C10H20O6.C10H20O4.C10H18O3.C8H14O5.C7H14O3.3CH4/c1-5-6-7(12)8(13)9(14)10(15-6)11(2,3)4;1-10(2,3)8(15)6(13)4(11)5(12)7(14)9(16)17;1-10(2,3)9(16)8(15)7(14)6(13)5(12)4-11;1-5-6(11)7(12)8(13)9(14-5)10(2,3)4;1-6-5-7(11)8(12)9(13-6)10(2,3)4;1-8(2,3)6(11)4(9)5(10)7(12)13;1-7(2,3)6(10)5(9)4-8;;;/h6-10,12-14H,5H2,1-4H3;4-7,11-14H,1-3H3,(H,16,17);5-8,11-15H,4H2,1-3H3;5-9,11-13H,1-4H3;5,7-9,11-12H,1-4H3;4-5,9-10H,1-3H3,(H,12,13);5,8-9H,4H2,1-3H3;3*1H4. The lowest BCUT2D eigenvalue weighted by Gasteiger charge is -2.45. The number of carbonyl (C=O) groups excluding carboxylic acids is 4. The van der Waals surface area contributed by atoms with Crippen molar-refractivity contribution in [2.24, 2.45) is 37.9 Å². The summed E-state index contributed by atoms with van der Waals surface area (Å²) in [6.45, 7) is 40.5. The van der Waals surface area contributed by atoms with Crippen LogP contribution in [0.1, 0.15) is 195 Å². The van der Waals surface area contributed by atoms with Crippen LogP contribution in [0, 0.1) is 37.9 Å². The van der Waals surface area contributed by atoms with Crippen LogP contribution in [0.3, 0.4) is 0 Å². The van der Waals surface area contributed by atoms with E-state index in [0.717, 1.165) is 0 Å². The third kappa shape index (κ3) is 36.9. The number of carboxylic acid groups (broad SMARTS) is 2. The van der Waals surface area contributed by atoms with E-state index in [1.54, 1.807) is 55.4 Å². The van der Waals surface area contributed by atoms with Crippen LogP contribution in [-0.4, -0.2) is 312 Å². The highest BCUT2D eigenvalue weighted by Gasteiger charge is 2.49. The molecule has 3 aliphatic rings. The summed E-state index contributed by atoms with van der Waals surface area (Å²) < 4.78 is 16.6. The highest BCUT2D eigenvalue weighted by molar-refractivity contribution is 5.92. The number of rotatable bonds is 16. The Labute approximate surface area is 597 Å². The fourth-order valence-electron chi connectivity index (χ4n) is 8.83. The first-order chi connectivity index (χ1) is 43.5. The normalized spacial score (nSPS) is 27.2. The van der Waals surface area contributed by atoms with Crippen LogP contribution in [0.2, 0.25) is 0 Å². The maximum Gasteiger partial charge on any atom is 0.335 e. The SMILES string of the molecule is C.C.C.CC(C)(C)C(=O)C(O)C(O)C(=O)O.CC(C)(C)C(=O)C(O)C(O)C(O)C(O)C(=O)O.CC(C)(C)C(=O)C(O)C(O)C(O)C(O)CO.CC(C)(C)C(=O)C(O)CO.CC1=CC(O)C(O)C(C(C)(C)C)O1.CC1OC(C(C)(C)C)C(O)C(O)C1O.CCC1OC(C(C)(C)C)C(O)C(O)C1O. The minimum absolute atomic E-state index is 0. The third-order valence-electron chi connectivity index (χ3n) is 15.2. The first-order valence-electron chi connectivity index (χ1n) is 32.0. The molecule has 0 saturated carbocycles. The Morgan fingerprint density at radius 2 is 0.703 bits per heavy atom. The molecule has 0 aromatic heterocycles. The molecule has 32 nitrogen and oxygen atoms in total. The van der Waals surface area contributed by atoms with E-state index in [9.17, 15) is 100 Å². The van der Waals surface area contributed by atoms with E-state index in [1.807, 2.05) is 69.2 Å². The smallest absolute Gasteiger partial charge is 0.335 e. The molecule has 24 atom stereocenters. The van der Waals surface area contributed by atoms with Gasteiger partial charge in [0.1, 0.15) is 110 Å². The summed E-state index contributed by atoms with van der Waals surface area (Å²) in [5.74, 6) is -5.11. The monoisotopic (exact) mass is 1480 g/mol. The van der Waals surface area contributed by atoms with E-state index in [0.29, 0.717) is 12.2 Å². The molecule has 24 unspecified atom stereocenters. The molecule has 101 heavy (non-hydrogen) atoms. The number of aliphatic hydroxyl groups excluding tert-OH is 21. The van der Waals surface area contributed by atoms with Gasteiger partial charge in [-0.3, -0.25) is 19.2 Å². The molecule has 0 amide bonds. The minimum atomic E-state index is -2.27. The van der Waals surface area contributed by atoms with Gasteiger partial charge in [-0.2, -0.15) is 0 Å².